The largest absolute Gasteiger partial charge is 0.481 e. The Morgan fingerprint density at radius 1 is 1.11 bits per heavy atom. The molecule has 0 saturated carbocycles. The topological polar surface area (TPSA) is 154 Å². The number of aliphatic carboxylic acids is 1. The van der Waals surface area contributed by atoms with Gasteiger partial charge in [0.25, 0.3) is 5.09 Å². The summed E-state index contributed by atoms with van der Waals surface area (Å²) in [6.45, 7) is 8.29. The van der Waals surface area contributed by atoms with Crippen molar-refractivity contribution in [3.05, 3.63) is 10.1 Å². The van der Waals surface area contributed by atoms with Crippen LogP contribution in [0.1, 0.15) is 47.5 Å². The van der Waals surface area contributed by atoms with Gasteiger partial charge in [0, 0.05) is 19.9 Å². The van der Waals surface area contributed by atoms with Gasteiger partial charge in [-0.25, -0.2) is 9.59 Å². The molecule has 0 spiro atoms. The van der Waals surface area contributed by atoms with E-state index in [4.69, 9.17) is 14.6 Å². The van der Waals surface area contributed by atoms with E-state index in [0.29, 0.717) is 6.42 Å². The number of hydrogen-bond donors (Lipinski definition) is 2. The minimum absolute atomic E-state index is 0.0863. The van der Waals surface area contributed by atoms with Gasteiger partial charge in [-0.15, -0.1) is 10.1 Å². The molecular weight excluding hydrogens is 364 g/mol. The van der Waals surface area contributed by atoms with Gasteiger partial charge in [-0.1, -0.05) is 27.7 Å². The van der Waals surface area contributed by atoms with Crippen LogP contribution < -0.4 is 5.32 Å². The Kier molecular flexibility index (Phi) is 10.8. The second-order valence-electron chi connectivity index (χ2n) is 6.88. The number of carboxylic acid groups (broad SMARTS) is 1. The molecule has 27 heavy (non-hydrogen) atoms. The summed E-state index contributed by atoms with van der Waals surface area (Å²) in [5, 5.41) is 20.7. The Morgan fingerprint density at radius 2 is 1.70 bits per heavy atom. The van der Waals surface area contributed by atoms with Crippen LogP contribution in [0.15, 0.2) is 0 Å². The van der Waals surface area contributed by atoms with Gasteiger partial charge in [0.15, 0.2) is 0 Å². The van der Waals surface area contributed by atoms with Crippen molar-refractivity contribution in [3.8, 4) is 0 Å². The van der Waals surface area contributed by atoms with Crippen LogP contribution in [0.3, 0.4) is 0 Å². The van der Waals surface area contributed by atoms with E-state index in [0.717, 1.165) is 0 Å². The van der Waals surface area contributed by atoms with Gasteiger partial charge < -0.3 is 19.9 Å². The summed E-state index contributed by atoms with van der Waals surface area (Å²) >= 11 is 0. The summed E-state index contributed by atoms with van der Waals surface area (Å²) in [6, 6.07) is 0. The first-order valence-corrected chi connectivity index (χ1v) is 8.60. The van der Waals surface area contributed by atoms with Gasteiger partial charge >= 0.3 is 18.0 Å². The number of carboxylic acids is 1. The molecule has 0 aliphatic rings. The molecule has 11 nitrogen and oxygen atoms in total. The fourth-order valence-electron chi connectivity index (χ4n) is 2.36. The highest BCUT2D eigenvalue weighted by Crippen LogP contribution is 2.15. The smallest absolute Gasteiger partial charge is 0.410 e. The number of carbonyl (C=O) groups excluding carboxylic acids is 2. The lowest BCUT2D eigenvalue weighted by Crippen LogP contribution is -2.38. The van der Waals surface area contributed by atoms with Gasteiger partial charge in [-0.3, -0.25) is 9.63 Å². The van der Waals surface area contributed by atoms with Gasteiger partial charge in [-0.05, 0) is 24.2 Å². The monoisotopic (exact) mass is 392 g/mol. The quantitative estimate of drug-likeness (QED) is 0.219. The maximum atomic E-state index is 11.9. The van der Waals surface area contributed by atoms with Crippen molar-refractivity contribution in [2.24, 2.45) is 17.8 Å². The molecule has 0 rings (SSSR count). The standard InChI is InChI=1S/C16H28N2O9/c1-9(2)6-12(7-13(19)20)8-17-16(22)26-11(5)25-15(21)14(10(3)4)27-18(23)24/h9-12,14H,6-8H2,1-5H3,(H,17,22)(H,19,20)/t11?,12-,14+/m0/s1. The van der Waals surface area contributed by atoms with Crippen LogP contribution in [0.4, 0.5) is 4.79 Å². The summed E-state index contributed by atoms with van der Waals surface area (Å²) in [5.41, 5.74) is 0. The van der Waals surface area contributed by atoms with E-state index in [1.165, 1.54) is 20.8 Å². The summed E-state index contributed by atoms with van der Waals surface area (Å²) in [5.74, 6) is -2.56. The molecule has 11 heteroatoms. The average molecular weight is 392 g/mol. The summed E-state index contributed by atoms with van der Waals surface area (Å²) < 4.78 is 9.69. The Hall–Kier alpha value is -2.59. The van der Waals surface area contributed by atoms with Crippen molar-refractivity contribution in [2.75, 3.05) is 6.54 Å². The molecule has 0 saturated heterocycles. The van der Waals surface area contributed by atoms with Crippen LogP contribution in [0.5, 0.6) is 0 Å². The highest BCUT2D eigenvalue weighted by Gasteiger charge is 2.30. The number of hydrogen-bond acceptors (Lipinski definition) is 8. The summed E-state index contributed by atoms with van der Waals surface area (Å²) in [4.78, 5) is 49.2. The second-order valence-corrected chi connectivity index (χ2v) is 6.88. The third-order valence-electron chi connectivity index (χ3n) is 3.40. The zero-order valence-electron chi connectivity index (χ0n) is 16.2. The average Bonchev–Trinajstić information content (AvgIpc) is 2.48. The van der Waals surface area contributed by atoms with E-state index >= 15 is 0 Å². The predicted octanol–water partition coefficient (Wildman–Crippen LogP) is 1.97. The molecule has 1 amide bonds. The number of ether oxygens (including phenoxy) is 2. The molecule has 0 aromatic carbocycles. The SMILES string of the molecule is CC(C)C[C@H](CNC(=O)OC(C)OC(=O)[C@H](O[N+](=O)[O-])C(C)C)CC(=O)O. The maximum absolute atomic E-state index is 11.9. The van der Waals surface area contributed by atoms with E-state index in [1.807, 2.05) is 13.8 Å². The molecule has 0 aromatic rings. The Bertz CT molecular complexity index is 522. The van der Waals surface area contributed by atoms with Crippen LogP contribution in [0.2, 0.25) is 0 Å². The van der Waals surface area contributed by atoms with E-state index in [9.17, 15) is 24.5 Å². The normalized spacial score (nSPS) is 14.2. The van der Waals surface area contributed by atoms with Crippen molar-refractivity contribution in [3.63, 3.8) is 0 Å². The van der Waals surface area contributed by atoms with Crippen LogP contribution in [-0.4, -0.2) is 47.2 Å². The minimum atomic E-state index is -1.44. The first-order chi connectivity index (χ1) is 12.4. The lowest BCUT2D eigenvalue weighted by molar-refractivity contribution is -0.766. The third-order valence-corrected chi connectivity index (χ3v) is 3.40. The van der Waals surface area contributed by atoms with Crippen LogP contribution in [-0.2, 0) is 23.9 Å². The fraction of sp³-hybridized carbons (Fsp3) is 0.812. The van der Waals surface area contributed by atoms with Gasteiger partial charge in [0.1, 0.15) is 0 Å². The van der Waals surface area contributed by atoms with Gasteiger partial charge in [-0.2, -0.15) is 0 Å². The number of alkyl carbamates (subject to hydrolysis) is 1. The van der Waals surface area contributed by atoms with Crippen LogP contribution in [0, 0.1) is 27.9 Å². The van der Waals surface area contributed by atoms with E-state index < -0.39 is 41.4 Å². The number of amides is 1. The lowest BCUT2D eigenvalue weighted by atomic mass is 9.94. The number of esters is 1. The van der Waals surface area contributed by atoms with E-state index in [2.05, 4.69) is 10.2 Å². The first-order valence-electron chi connectivity index (χ1n) is 8.60. The Morgan fingerprint density at radius 3 is 2.15 bits per heavy atom. The molecule has 0 heterocycles. The number of nitrogens with one attached hydrogen (secondary N) is 1. The highest BCUT2D eigenvalue weighted by atomic mass is 17.0. The Balaban J connectivity index is 4.52. The zero-order chi connectivity index (χ0) is 21.1. The molecular formula is C16H28N2O9. The van der Waals surface area contributed by atoms with Crippen molar-refractivity contribution in [1.82, 2.24) is 5.32 Å². The van der Waals surface area contributed by atoms with E-state index in [-0.39, 0.29) is 24.8 Å². The molecule has 3 atom stereocenters. The van der Waals surface area contributed by atoms with Crippen LogP contribution in [0.25, 0.3) is 0 Å². The summed E-state index contributed by atoms with van der Waals surface area (Å²) in [6.07, 6.45) is -3.15. The Labute approximate surface area is 157 Å². The van der Waals surface area contributed by atoms with Crippen LogP contribution >= 0.6 is 0 Å². The molecule has 0 aromatic heterocycles. The first kappa shape index (κ1) is 24.4. The van der Waals surface area contributed by atoms with Crippen molar-refractivity contribution < 1.29 is 38.9 Å². The second kappa shape index (κ2) is 11.9. The molecule has 0 radical (unpaired) electrons. The molecule has 0 aliphatic carbocycles. The van der Waals surface area contributed by atoms with Gasteiger partial charge in [0.05, 0.1) is 0 Å². The van der Waals surface area contributed by atoms with Crippen molar-refractivity contribution >= 4 is 18.0 Å². The fourth-order valence-corrected chi connectivity index (χ4v) is 2.36. The number of nitrogens with zero attached hydrogens (tertiary/aromatic N) is 1. The molecule has 156 valence electrons. The molecule has 0 bridgehead atoms. The predicted molar refractivity (Wildman–Crippen MR) is 91.9 cm³/mol. The lowest BCUT2D eigenvalue weighted by Gasteiger charge is -2.21. The molecule has 0 fully saturated rings. The van der Waals surface area contributed by atoms with Crippen molar-refractivity contribution in [2.45, 2.75) is 59.9 Å². The number of rotatable bonds is 12. The molecule has 0 aliphatic heterocycles. The molecule has 1 unspecified atom stereocenters. The third kappa shape index (κ3) is 11.6. The summed E-state index contributed by atoms with van der Waals surface area (Å²) in [7, 11) is 0. The van der Waals surface area contributed by atoms with E-state index in [1.54, 1.807) is 0 Å². The minimum Gasteiger partial charge on any atom is -0.481 e. The highest BCUT2D eigenvalue weighted by molar-refractivity contribution is 5.75. The molecule has 2 N–H and O–H groups in total. The number of carbonyl (C=O) groups is 3. The van der Waals surface area contributed by atoms with Gasteiger partial charge in [0.2, 0.25) is 12.4 Å². The zero-order valence-corrected chi connectivity index (χ0v) is 16.2. The van der Waals surface area contributed by atoms with Crippen molar-refractivity contribution in [1.29, 1.82) is 0 Å². The maximum Gasteiger partial charge on any atom is 0.410 e.